The van der Waals surface area contributed by atoms with E-state index in [4.69, 9.17) is 0 Å². The fraction of sp³-hybridized carbons (Fsp3) is 0.500. The summed E-state index contributed by atoms with van der Waals surface area (Å²) in [5.74, 6) is 0.579. The Morgan fingerprint density at radius 2 is 1.94 bits per heavy atom. The van der Waals surface area contributed by atoms with Crippen LogP contribution in [0.5, 0.6) is 0 Å². The van der Waals surface area contributed by atoms with Crippen LogP contribution in [0.15, 0.2) is 35.4 Å². The molecule has 2 aliphatic rings. The minimum atomic E-state index is -0.997. The molecule has 0 aliphatic heterocycles. The Balaban J connectivity index is 0.000000917. The van der Waals surface area contributed by atoms with Crippen LogP contribution in [-0.4, -0.2) is 58.6 Å². The molecule has 2 atom stereocenters. The summed E-state index contributed by atoms with van der Waals surface area (Å²) in [5.41, 5.74) is 0.885. The molecule has 2 saturated carbocycles. The second-order valence-electron chi connectivity index (χ2n) is 8.86. The van der Waals surface area contributed by atoms with Gasteiger partial charge in [0, 0.05) is 46.0 Å². The number of fused-ring (bicyclic) bond motifs is 1. The first-order valence-electron chi connectivity index (χ1n) is 11.9. The lowest BCUT2D eigenvalue weighted by Crippen LogP contribution is -2.27. The van der Waals surface area contributed by atoms with Crippen molar-refractivity contribution >= 4 is 28.9 Å². The van der Waals surface area contributed by atoms with Gasteiger partial charge in [-0.15, -0.1) is 0 Å². The van der Waals surface area contributed by atoms with Crippen molar-refractivity contribution < 1.29 is 13.9 Å². The van der Waals surface area contributed by atoms with Crippen LogP contribution in [0.2, 0.25) is 0 Å². The number of ether oxygens (including phenoxy) is 1. The molecule has 11 heteroatoms. The van der Waals surface area contributed by atoms with Crippen molar-refractivity contribution in [3.05, 3.63) is 46.5 Å². The predicted molar refractivity (Wildman–Crippen MR) is 132 cm³/mol. The van der Waals surface area contributed by atoms with E-state index < -0.39 is 18.1 Å². The number of nitrogens with zero attached hydrogens (tertiary/aromatic N) is 4. The van der Waals surface area contributed by atoms with Crippen molar-refractivity contribution in [1.82, 2.24) is 24.5 Å². The molecule has 35 heavy (non-hydrogen) atoms. The Kier molecular flexibility index (Phi) is 7.64. The molecule has 5 rings (SSSR count). The van der Waals surface area contributed by atoms with Gasteiger partial charge in [0.2, 0.25) is 0 Å². The standard InChI is InChI=1S/C22H26FN7O2.C2H6O/c1-24-19-11-18(26-16-8-5-9-29(22(16)32)13-6-3-2-4-7-13)28-20-14(12-25-30(19)20)21(31)27-17-10-15(17)23;1-3-2/h5,8-9,11-13,15,17,24H,2-4,6-7,10H2,1H3,(H,26,28)(H,27,31);1-2H3. The molecule has 2 fully saturated rings. The number of anilines is 3. The number of nitrogens with one attached hydrogen (secondary N) is 3. The summed E-state index contributed by atoms with van der Waals surface area (Å²) in [5, 5.41) is 13.0. The molecule has 3 heterocycles. The number of carbonyl (C=O) groups excluding carboxylic acids is 1. The SMILES string of the molecule is CNc1cc(Nc2cccn(C3CCCCC3)c2=O)nc2c(C(=O)NC3CC3F)cnn12.COC. The van der Waals surface area contributed by atoms with Crippen LogP contribution in [0.25, 0.3) is 5.65 Å². The van der Waals surface area contributed by atoms with E-state index in [1.54, 1.807) is 38.0 Å². The molecule has 3 aromatic heterocycles. The zero-order valence-corrected chi connectivity index (χ0v) is 20.3. The highest BCUT2D eigenvalue weighted by molar-refractivity contribution is 6.00. The van der Waals surface area contributed by atoms with Crippen LogP contribution in [0, 0.1) is 0 Å². The van der Waals surface area contributed by atoms with E-state index in [2.05, 4.69) is 30.8 Å². The number of methoxy groups -OCH3 is 1. The average Bonchev–Trinajstić information content (AvgIpc) is 3.37. The van der Waals surface area contributed by atoms with Crippen LogP contribution in [0.1, 0.15) is 54.9 Å². The van der Waals surface area contributed by atoms with Gasteiger partial charge in [-0.3, -0.25) is 9.59 Å². The maximum absolute atomic E-state index is 13.2. The number of amides is 1. The molecule has 2 aliphatic carbocycles. The van der Waals surface area contributed by atoms with Crippen molar-refractivity contribution in [2.24, 2.45) is 0 Å². The second kappa shape index (κ2) is 10.9. The van der Waals surface area contributed by atoms with Gasteiger partial charge in [-0.05, 0) is 25.0 Å². The monoisotopic (exact) mass is 485 g/mol. The van der Waals surface area contributed by atoms with E-state index in [9.17, 15) is 14.0 Å². The van der Waals surface area contributed by atoms with Crippen molar-refractivity contribution in [2.75, 3.05) is 31.9 Å². The zero-order chi connectivity index (χ0) is 24.9. The first-order chi connectivity index (χ1) is 17.0. The van der Waals surface area contributed by atoms with E-state index in [0.717, 1.165) is 25.7 Å². The van der Waals surface area contributed by atoms with Gasteiger partial charge in [0.05, 0.1) is 12.2 Å². The third-order valence-corrected chi connectivity index (χ3v) is 6.21. The maximum atomic E-state index is 13.2. The number of halogens is 1. The lowest BCUT2D eigenvalue weighted by Gasteiger charge is -2.24. The molecule has 1 amide bonds. The topological polar surface area (TPSA) is 115 Å². The van der Waals surface area contributed by atoms with E-state index in [0.29, 0.717) is 29.4 Å². The number of hydrogen-bond donors (Lipinski definition) is 3. The predicted octanol–water partition coefficient (Wildman–Crippen LogP) is 3.28. The Morgan fingerprint density at radius 1 is 1.23 bits per heavy atom. The number of alkyl halides is 1. The normalized spacial score (nSPS) is 19.5. The Hall–Kier alpha value is -3.47. The lowest BCUT2D eigenvalue weighted by molar-refractivity contribution is 0.0949. The molecular formula is C24H32FN7O3. The summed E-state index contributed by atoms with van der Waals surface area (Å²) in [4.78, 5) is 30.2. The molecule has 0 saturated heterocycles. The summed E-state index contributed by atoms with van der Waals surface area (Å²) >= 11 is 0. The number of aromatic nitrogens is 4. The fourth-order valence-electron chi connectivity index (χ4n) is 4.31. The molecule has 2 unspecified atom stereocenters. The van der Waals surface area contributed by atoms with Gasteiger partial charge >= 0.3 is 0 Å². The molecular weight excluding hydrogens is 453 g/mol. The highest BCUT2D eigenvalue weighted by Gasteiger charge is 2.39. The second-order valence-corrected chi connectivity index (χ2v) is 8.86. The lowest BCUT2D eigenvalue weighted by atomic mass is 9.95. The molecule has 0 aromatic carbocycles. The van der Waals surface area contributed by atoms with Gasteiger partial charge in [-0.2, -0.15) is 9.61 Å². The summed E-state index contributed by atoms with van der Waals surface area (Å²) in [6, 6.07) is 5.07. The molecule has 10 nitrogen and oxygen atoms in total. The third-order valence-electron chi connectivity index (χ3n) is 6.21. The van der Waals surface area contributed by atoms with Crippen LogP contribution >= 0.6 is 0 Å². The van der Waals surface area contributed by atoms with Crippen molar-refractivity contribution in [1.29, 1.82) is 0 Å². The average molecular weight is 486 g/mol. The third kappa shape index (κ3) is 5.45. The van der Waals surface area contributed by atoms with Gasteiger partial charge in [0.15, 0.2) is 5.65 Å². The number of carbonyl (C=O) groups is 1. The van der Waals surface area contributed by atoms with E-state index in [1.807, 2.05) is 12.3 Å². The summed E-state index contributed by atoms with van der Waals surface area (Å²) in [6.45, 7) is 0. The minimum Gasteiger partial charge on any atom is -0.388 e. The maximum Gasteiger partial charge on any atom is 0.274 e. The van der Waals surface area contributed by atoms with E-state index >= 15 is 0 Å². The molecule has 0 spiro atoms. The summed E-state index contributed by atoms with van der Waals surface area (Å²) in [7, 11) is 4.98. The Morgan fingerprint density at radius 3 is 2.60 bits per heavy atom. The fourth-order valence-corrected chi connectivity index (χ4v) is 4.31. The smallest absolute Gasteiger partial charge is 0.274 e. The van der Waals surface area contributed by atoms with Gasteiger partial charge in [-0.25, -0.2) is 9.37 Å². The van der Waals surface area contributed by atoms with Crippen LogP contribution in [-0.2, 0) is 4.74 Å². The zero-order valence-electron chi connectivity index (χ0n) is 20.3. The Bertz CT molecular complexity index is 1240. The first-order valence-corrected chi connectivity index (χ1v) is 11.9. The minimum absolute atomic E-state index is 0.0960. The van der Waals surface area contributed by atoms with Crippen molar-refractivity contribution in [3.63, 3.8) is 0 Å². The Labute approximate surface area is 202 Å². The largest absolute Gasteiger partial charge is 0.388 e. The number of pyridine rings is 1. The van der Waals surface area contributed by atoms with Gasteiger partial charge in [0.25, 0.3) is 11.5 Å². The van der Waals surface area contributed by atoms with E-state index in [1.165, 1.54) is 17.1 Å². The molecule has 3 N–H and O–H groups in total. The first kappa shape index (κ1) is 24.6. The van der Waals surface area contributed by atoms with Gasteiger partial charge in [0.1, 0.15) is 29.1 Å². The molecule has 0 radical (unpaired) electrons. The number of hydrogen-bond acceptors (Lipinski definition) is 7. The highest BCUT2D eigenvalue weighted by Crippen LogP contribution is 2.28. The van der Waals surface area contributed by atoms with Crippen molar-refractivity contribution in [3.8, 4) is 0 Å². The quantitative estimate of drug-likeness (QED) is 0.491. The number of rotatable bonds is 6. The molecule has 0 bridgehead atoms. The van der Waals surface area contributed by atoms with Gasteiger partial charge in [-0.1, -0.05) is 19.3 Å². The molecule has 3 aromatic rings. The molecule has 188 valence electrons. The summed E-state index contributed by atoms with van der Waals surface area (Å²) in [6.07, 6.45) is 8.08. The van der Waals surface area contributed by atoms with Crippen molar-refractivity contribution in [2.45, 2.75) is 56.8 Å². The van der Waals surface area contributed by atoms with Gasteiger partial charge < -0.3 is 25.3 Å². The van der Waals surface area contributed by atoms with Crippen LogP contribution < -0.4 is 21.5 Å². The van der Waals surface area contributed by atoms with Crippen LogP contribution in [0.3, 0.4) is 0 Å². The highest BCUT2D eigenvalue weighted by atomic mass is 19.1. The van der Waals surface area contributed by atoms with E-state index in [-0.39, 0.29) is 17.2 Å². The summed E-state index contributed by atoms with van der Waals surface area (Å²) < 4.78 is 20.8. The van der Waals surface area contributed by atoms with Crippen LogP contribution in [0.4, 0.5) is 21.7 Å².